The number of hydrogen-bond acceptors (Lipinski definition) is 5. The Labute approximate surface area is 212 Å². The zero-order chi connectivity index (χ0) is 25.2. The number of nitrogens with zero attached hydrogens (tertiary/aromatic N) is 3. The second-order valence-electron chi connectivity index (χ2n) is 8.43. The van der Waals surface area contributed by atoms with Gasteiger partial charge in [0.1, 0.15) is 0 Å². The molecule has 3 aromatic carbocycles. The highest BCUT2D eigenvalue weighted by Gasteiger charge is 2.36. The van der Waals surface area contributed by atoms with Gasteiger partial charge < -0.3 is 4.57 Å². The van der Waals surface area contributed by atoms with Crippen LogP contribution >= 0.6 is 11.8 Å². The van der Waals surface area contributed by atoms with Gasteiger partial charge in [-0.2, -0.15) is 5.26 Å². The molecule has 1 aliphatic heterocycles. The molecule has 1 aromatic heterocycles. The molecule has 0 N–H and O–H groups in total. The first-order valence-electron chi connectivity index (χ1n) is 11.4. The lowest BCUT2D eigenvalue weighted by molar-refractivity contribution is -0.122. The molecule has 2 heterocycles. The average Bonchev–Trinajstić information content (AvgIpc) is 3.32. The number of aromatic nitrogens is 1. The molecule has 0 unspecified atom stereocenters. The molecule has 1 fully saturated rings. The van der Waals surface area contributed by atoms with Crippen molar-refractivity contribution in [2.45, 2.75) is 13.5 Å². The third kappa shape index (κ3) is 4.23. The van der Waals surface area contributed by atoms with E-state index in [-0.39, 0.29) is 17.2 Å². The zero-order valence-electron chi connectivity index (χ0n) is 19.5. The molecule has 0 spiro atoms. The summed E-state index contributed by atoms with van der Waals surface area (Å²) < 4.78 is 2.11. The minimum absolute atomic E-state index is 0.282. The second-order valence-corrected chi connectivity index (χ2v) is 9.42. The molecule has 36 heavy (non-hydrogen) atoms. The van der Waals surface area contributed by atoms with Gasteiger partial charge in [0.25, 0.3) is 11.1 Å². The van der Waals surface area contributed by atoms with E-state index in [4.69, 9.17) is 0 Å². The Morgan fingerprint density at radius 3 is 2.44 bits per heavy atom. The third-order valence-electron chi connectivity index (χ3n) is 6.29. The van der Waals surface area contributed by atoms with Crippen molar-refractivity contribution in [3.8, 4) is 6.07 Å². The third-order valence-corrected chi connectivity index (χ3v) is 7.20. The predicted molar refractivity (Wildman–Crippen MR) is 140 cm³/mol. The number of rotatable bonds is 6. The van der Waals surface area contributed by atoms with Crippen molar-refractivity contribution in [1.29, 1.82) is 5.26 Å². The lowest BCUT2D eigenvalue weighted by atomic mass is 10.1. The van der Waals surface area contributed by atoms with Crippen LogP contribution in [0.5, 0.6) is 0 Å². The number of fused-ring (bicyclic) bond motifs is 1. The van der Waals surface area contributed by atoms with Crippen LogP contribution in [0.15, 0.2) is 83.8 Å². The summed E-state index contributed by atoms with van der Waals surface area (Å²) in [6, 6.07) is 26.2. The number of carbonyl (C=O) groups is 3. The Hall–Kier alpha value is -4.41. The molecular weight excluding hydrogens is 470 g/mol. The summed E-state index contributed by atoms with van der Waals surface area (Å²) in [5.74, 6) is -0.761. The maximum absolute atomic E-state index is 13.1. The fraction of sp³-hybridized carbons (Fsp3) is 0.103. The molecule has 0 saturated carbocycles. The van der Waals surface area contributed by atoms with Crippen LogP contribution in [0.2, 0.25) is 0 Å². The van der Waals surface area contributed by atoms with Crippen LogP contribution in [-0.4, -0.2) is 32.9 Å². The Morgan fingerprint density at radius 1 is 0.972 bits per heavy atom. The summed E-state index contributed by atoms with van der Waals surface area (Å²) in [6.45, 7) is 2.17. The summed E-state index contributed by atoms with van der Waals surface area (Å²) in [6.07, 6.45) is 1.74. The summed E-state index contributed by atoms with van der Waals surface area (Å²) in [7, 11) is 0. The van der Waals surface area contributed by atoms with Gasteiger partial charge in [0.15, 0.2) is 5.78 Å². The largest absolute Gasteiger partial charge is 0.340 e. The molecular formula is C29H21N3O3S. The Kier molecular flexibility index (Phi) is 6.28. The van der Waals surface area contributed by atoms with Crippen LogP contribution in [0.25, 0.3) is 17.0 Å². The van der Waals surface area contributed by atoms with Gasteiger partial charge >= 0.3 is 0 Å². The topological polar surface area (TPSA) is 83.2 Å². The number of amides is 2. The molecule has 5 rings (SSSR count). The fourth-order valence-electron chi connectivity index (χ4n) is 4.41. The Morgan fingerprint density at radius 2 is 1.67 bits per heavy atom. The number of hydrogen-bond donors (Lipinski definition) is 0. The average molecular weight is 492 g/mol. The van der Waals surface area contributed by atoms with Gasteiger partial charge in [-0.15, -0.1) is 0 Å². The normalized spacial score (nSPS) is 14.6. The number of thioether (sulfide) groups is 1. The first kappa shape index (κ1) is 23.3. The lowest BCUT2D eigenvalue weighted by Crippen LogP contribution is -2.33. The molecule has 176 valence electrons. The summed E-state index contributed by atoms with van der Waals surface area (Å²) in [4.78, 5) is 39.7. The van der Waals surface area contributed by atoms with E-state index in [1.54, 1.807) is 42.5 Å². The predicted octanol–water partition coefficient (Wildman–Crippen LogP) is 5.79. The van der Waals surface area contributed by atoms with Gasteiger partial charge in [0.05, 0.1) is 23.1 Å². The van der Waals surface area contributed by atoms with Gasteiger partial charge in [0, 0.05) is 34.3 Å². The maximum atomic E-state index is 13.1. The number of Topliss-reactive ketones (excluding diaryl/α,β-unsaturated/α-hetero) is 1. The highest BCUT2D eigenvalue weighted by atomic mass is 32.2. The standard InChI is InChI=1S/C29H21N3O3S/c1-19-24(15-27-28(34)32(29(35)36-27)18-26(33)20-9-3-2-4-10-20)23-13-7-8-14-25(23)31(19)17-22-12-6-5-11-21(22)16-30/h2-15H,17-18H2,1H3/b27-15-. The number of nitriles is 1. The second kappa shape index (κ2) is 9.68. The minimum atomic E-state index is -0.472. The molecule has 0 atom stereocenters. The van der Waals surface area contributed by atoms with E-state index >= 15 is 0 Å². The van der Waals surface area contributed by atoms with Crippen LogP contribution in [0.1, 0.15) is 32.7 Å². The van der Waals surface area contributed by atoms with E-state index in [0.717, 1.165) is 44.4 Å². The van der Waals surface area contributed by atoms with E-state index in [1.807, 2.05) is 49.4 Å². The van der Waals surface area contributed by atoms with Crippen molar-refractivity contribution in [1.82, 2.24) is 9.47 Å². The van der Waals surface area contributed by atoms with Crippen molar-refractivity contribution >= 4 is 45.7 Å². The quantitative estimate of drug-likeness (QED) is 0.252. The van der Waals surface area contributed by atoms with Gasteiger partial charge in [0.2, 0.25) is 0 Å². The molecule has 0 bridgehead atoms. The van der Waals surface area contributed by atoms with Gasteiger partial charge in [-0.3, -0.25) is 19.3 Å². The molecule has 1 saturated heterocycles. The summed E-state index contributed by atoms with van der Waals surface area (Å²) in [5.41, 5.74) is 4.68. The molecule has 7 heteroatoms. The van der Waals surface area contributed by atoms with E-state index in [1.165, 1.54) is 0 Å². The van der Waals surface area contributed by atoms with Gasteiger partial charge in [-0.1, -0.05) is 66.7 Å². The first-order chi connectivity index (χ1) is 17.5. The van der Waals surface area contributed by atoms with Crippen LogP contribution in [0, 0.1) is 18.3 Å². The van der Waals surface area contributed by atoms with Crippen LogP contribution < -0.4 is 0 Å². The van der Waals surface area contributed by atoms with Crippen molar-refractivity contribution in [2.24, 2.45) is 0 Å². The van der Waals surface area contributed by atoms with Crippen LogP contribution in [-0.2, 0) is 11.3 Å². The number of benzene rings is 3. The lowest BCUT2D eigenvalue weighted by Gasteiger charge is -2.11. The molecule has 1 aliphatic rings. The Balaban J connectivity index is 1.49. The van der Waals surface area contributed by atoms with Crippen LogP contribution in [0.3, 0.4) is 0 Å². The van der Waals surface area contributed by atoms with E-state index in [2.05, 4.69) is 10.6 Å². The number of ketones is 1. The molecule has 0 aliphatic carbocycles. The summed E-state index contributed by atoms with van der Waals surface area (Å²) >= 11 is 0.844. The van der Waals surface area contributed by atoms with Crippen molar-refractivity contribution in [2.75, 3.05) is 6.54 Å². The highest BCUT2D eigenvalue weighted by Crippen LogP contribution is 2.36. The monoisotopic (exact) mass is 491 g/mol. The molecule has 6 nitrogen and oxygen atoms in total. The summed E-state index contributed by atoms with van der Waals surface area (Å²) in [5, 5.41) is 10.0. The van der Waals surface area contributed by atoms with E-state index in [0.29, 0.717) is 17.7 Å². The number of para-hydroxylation sites is 1. The fourth-order valence-corrected chi connectivity index (χ4v) is 5.23. The smallest absolute Gasteiger partial charge is 0.293 e. The zero-order valence-corrected chi connectivity index (χ0v) is 20.3. The van der Waals surface area contributed by atoms with Crippen molar-refractivity contribution < 1.29 is 14.4 Å². The van der Waals surface area contributed by atoms with E-state index in [9.17, 15) is 19.6 Å². The van der Waals surface area contributed by atoms with Gasteiger partial charge in [-0.05, 0) is 42.5 Å². The van der Waals surface area contributed by atoms with Crippen molar-refractivity contribution in [3.63, 3.8) is 0 Å². The van der Waals surface area contributed by atoms with Crippen molar-refractivity contribution in [3.05, 3.63) is 112 Å². The number of imide groups is 1. The SMILES string of the molecule is Cc1c(/C=C2\SC(=O)N(CC(=O)c3ccccc3)C2=O)c2ccccc2n1Cc1ccccc1C#N. The van der Waals surface area contributed by atoms with Gasteiger partial charge in [-0.25, -0.2) is 0 Å². The minimum Gasteiger partial charge on any atom is -0.340 e. The molecule has 2 amide bonds. The van der Waals surface area contributed by atoms with Crippen LogP contribution in [0.4, 0.5) is 4.79 Å². The first-order valence-corrected chi connectivity index (χ1v) is 12.2. The Bertz CT molecular complexity index is 1600. The molecule has 0 radical (unpaired) electrons. The molecule has 4 aromatic rings. The van der Waals surface area contributed by atoms with E-state index < -0.39 is 11.1 Å². The highest BCUT2D eigenvalue weighted by molar-refractivity contribution is 8.18. The maximum Gasteiger partial charge on any atom is 0.293 e. The number of carbonyl (C=O) groups excluding carboxylic acids is 3.